The largest absolute Gasteiger partial charge is 0.484 e. The summed E-state index contributed by atoms with van der Waals surface area (Å²) in [6.07, 6.45) is 5.86. The predicted molar refractivity (Wildman–Crippen MR) is 94.1 cm³/mol. The molecule has 1 aromatic carbocycles. The average molecular weight is 325 g/mol. The van der Waals surface area contributed by atoms with Crippen LogP contribution in [0.1, 0.15) is 12.8 Å². The van der Waals surface area contributed by atoms with Crippen LogP contribution in [0.15, 0.2) is 54.9 Å². The lowest BCUT2D eigenvalue weighted by molar-refractivity contribution is -0.123. The van der Waals surface area contributed by atoms with Gasteiger partial charge in [0.25, 0.3) is 5.91 Å². The average Bonchev–Trinajstić information content (AvgIpc) is 2.67. The molecule has 1 saturated heterocycles. The zero-order valence-electron chi connectivity index (χ0n) is 13.7. The van der Waals surface area contributed by atoms with E-state index < -0.39 is 0 Å². The summed E-state index contributed by atoms with van der Waals surface area (Å²) in [6.45, 7) is 2.80. The van der Waals surface area contributed by atoms with E-state index in [1.54, 1.807) is 6.20 Å². The van der Waals surface area contributed by atoms with Crippen molar-refractivity contribution < 1.29 is 9.53 Å². The molecule has 3 rings (SSSR count). The molecule has 1 aliphatic heterocycles. The molecule has 1 aromatic heterocycles. The van der Waals surface area contributed by atoms with Gasteiger partial charge in [-0.1, -0.05) is 18.2 Å². The Bertz CT molecular complexity index is 626. The van der Waals surface area contributed by atoms with Crippen molar-refractivity contribution in [2.45, 2.75) is 12.8 Å². The van der Waals surface area contributed by atoms with E-state index in [1.807, 2.05) is 42.6 Å². The summed E-state index contributed by atoms with van der Waals surface area (Å²) in [5.41, 5.74) is 1.18. The highest BCUT2D eigenvalue weighted by atomic mass is 16.5. The molecule has 0 spiro atoms. The van der Waals surface area contributed by atoms with Crippen molar-refractivity contribution in [2.24, 2.45) is 5.92 Å². The normalized spacial score (nSPS) is 15.1. The molecule has 5 nitrogen and oxygen atoms in total. The smallest absolute Gasteiger partial charge is 0.257 e. The number of nitrogens with zero attached hydrogens (tertiary/aromatic N) is 2. The van der Waals surface area contributed by atoms with Gasteiger partial charge < -0.3 is 15.0 Å². The highest BCUT2D eigenvalue weighted by Gasteiger charge is 2.20. The van der Waals surface area contributed by atoms with Crippen molar-refractivity contribution in [3.8, 4) is 5.75 Å². The maximum absolute atomic E-state index is 11.9. The number of hydrogen-bond donors (Lipinski definition) is 1. The number of amides is 1. The number of benzene rings is 1. The number of hydrogen-bond acceptors (Lipinski definition) is 4. The molecule has 2 heterocycles. The number of pyridine rings is 1. The van der Waals surface area contributed by atoms with Crippen molar-refractivity contribution >= 4 is 11.6 Å². The second-order valence-electron chi connectivity index (χ2n) is 6.05. The lowest BCUT2D eigenvalue weighted by atomic mass is 9.96. The molecule has 1 N–H and O–H groups in total. The number of piperidine rings is 1. The molecule has 0 aliphatic carbocycles. The maximum atomic E-state index is 11.9. The van der Waals surface area contributed by atoms with Gasteiger partial charge in [-0.25, -0.2) is 0 Å². The number of anilines is 1. The van der Waals surface area contributed by atoms with Gasteiger partial charge in [0.2, 0.25) is 0 Å². The standard InChI is InChI=1S/C19H23N3O2/c23-19(15-24-18-6-2-1-3-7-18)21-13-16-8-11-22(12-9-16)17-5-4-10-20-14-17/h1-7,10,14,16H,8-9,11-13,15H2,(H,21,23). The van der Waals surface area contributed by atoms with E-state index in [-0.39, 0.29) is 12.5 Å². The van der Waals surface area contributed by atoms with Crippen LogP contribution in [-0.4, -0.2) is 37.1 Å². The molecule has 2 aromatic rings. The van der Waals surface area contributed by atoms with Gasteiger partial charge in [0.15, 0.2) is 6.61 Å². The fourth-order valence-electron chi connectivity index (χ4n) is 2.91. The lowest BCUT2D eigenvalue weighted by Crippen LogP contribution is -2.39. The Kier molecular flexibility index (Phi) is 5.66. The Morgan fingerprint density at radius 2 is 1.96 bits per heavy atom. The molecule has 0 bridgehead atoms. The van der Waals surface area contributed by atoms with Gasteiger partial charge in [0.1, 0.15) is 5.75 Å². The van der Waals surface area contributed by atoms with Crippen molar-refractivity contribution in [3.05, 3.63) is 54.9 Å². The van der Waals surface area contributed by atoms with Crippen LogP contribution in [0.5, 0.6) is 5.75 Å². The number of carbonyl (C=O) groups is 1. The Hall–Kier alpha value is -2.56. The quantitative estimate of drug-likeness (QED) is 0.886. The molecule has 0 saturated carbocycles. The van der Waals surface area contributed by atoms with Gasteiger partial charge in [-0.05, 0) is 43.0 Å². The molecule has 1 amide bonds. The monoisotopic (exact) mass is 325 g/mol. The lowest BCUT2D eigenvalue weighted by Gasteiger charge is -2.33. The molecule has 1 aliphatic rings. The highest BCUT2D eigenvalue weighted by molar-refractivity contribution is 5.77. The molecule has 0 radical (unpaired) electrons. The minimum absolute atomic E-state index is 0.0615. The molecular weight excluding hydrogens is 302 g/mol. The topological polar surface area (TPSA) is 54.5 Å². The molecule has 126 valence electrons. The van der Waals surface area contributed by atoms with E-state index in [0.29, 0.717) is 5.92 Å². The van der Waals surface area contributed by atoms with Crippen LogP contribution >= 0.6 is 0 Å². The summed E-state index contributed by atoms with van der Waals surface area (Å²) >= 11 is 0. The number of ether oxygens (including phenoxy) is 1. The zero-order chi connectivity index (χ0) is 16.6. The van der Waals surface area contributed by atoms with Crippen LogP contribution in [0, 0.1) is 5.92 Å². The first-order chi connectivity index (χ1) is 11.8. The van der Waals surface area contributed by atoms with E-state index in [2.05, 4.69) is 21.3 Å². The van der Waals surface area contributed by atoms with Crippen LogP contribution in [0.4, 0.5) is 5.69 Å². The summed E-state index contributed by atoms with van der Waals surface area (Å²) in [4.78, 5) is 18.4. The summed E-state index contributed by atoms with van der Waals surface area (Å²) < 4.78 is 5.46. The minimum Gasteiger partial charge on any atom is -0.484 e. The fourth-order valence-corrected chi connectivity index (χ4v) is 2.91. The van der Waals surface area contributed by atoms with Crippen molar-refractivity contribution in [3.63, 3.8) is 0 Å². The third-order valence-corrected chi connectivity index (χ3v) is 4.33. The van der Waals surface area contributed by atoms with Gasteiger partial charge in [-0.2, -0.15) is 0 Å². The first kappa shape index (κ1) is 16.3. The summed E-state index contributed by atoms with van der Waals surface area (Å²) in [6, 6.07) is 13.5. The third-order valence-electron chi connectivity index (χ3n) is 4.33. The van der Waals surface area contributed by atoms with Gasteiger partial charge in [-0.15, -0.1) is 0 Å². The Morgan fingerprint density at radius 1 is 1.17 bits per heavy atom. The molecule has 0 atom stereocenters. The van der Waals surface area contributed by atoms with Gasteiger partial charge in [0.05, 0.1) is 11.9 Å². The van der Waals surface area contributed by atoms with E-state index in [4.69, 9.17) is 4.74 Å². The van der Waals surface area contributed by atoms with E-state index in [1.165, 1.54) is 5.69 Å². The van der Waals surface area contributed by atoms with Crippen LogP contribution in [-0.2, 0) is 4.79 Å². The summed E-state index contributed by atoms with van der Waals surface area (Å²) in [7, 11) is 0. The summed E-state index contributed by atoms with van der Waals surface area (Å²) in [5, 5.41) is 2.98. The second kappa shape index (κ2) is 8.34. The van der Waals surface area contributed by atoms with Crippen LogP contribution < -0.4 is 15.0 Å². The molecule has 24 heavy (non-hydrogen) atoms. The SMILES string of the molecule is O=C(COc1ccccc1)NCC1CCN(c2cccnc2)CC1. The van der Waals surface area contributed by atoms with Gasteiger partial charge >= 0.3 is 0 Å². The fraction of sp³-hybridized carbons (Fsp3) is 0.368. The first-order valence-electron chi connectivity index (χ1n) is 8.41. The van der Waals surface area contributed by atoms with E-state index >= 15 is 0 Å². The summed E-state index contributed by atoms with van der Waals surface area (Å²) in [5.74, 6) is 1.18. The van der Waals surface area contributed by atoms with Crippen molar-refractivity contribution in [1.82, 2.24) is 10.3 Å². The van der Waals surface area contributed by atoms with Gasteiger partial charge in [0, 0.05) is 25.8 Å². The van der Waals surface area contributed by atoms with Crippen LogP contribution in [0.3, 0.4) is 0 Å². The van der Waals surface area contributed by atoms with Crippen molar-refractivity contribution in [2.75, 3.05) is 31.1 Å². The number of para-hydroxylation sites is 1. The van der Waals surface area contributed by atoms with E-state index in [0.717, 1.165) is 38.2 Å². The Morgan fingerprint density at radius 3 is 2.67 bits per heavy atom. The number of rotatable bonds is 6. The second-order valence-corrected chi connectivity index (χ2v) is 6.05. The molecular formula is C19H23N3O2. The predicted octanol–water partition coefficient (Wildman–Crippen LogP) is 2.49. The Labute approximate surface area is 142 Å². The minimum atomic E-state index is -0.0615. The molecule has 5 heteroatoms. The van der Waals surface area contributed by atoms with Gasteiger partial charge in [-0.3, -0.25) is 9.78 Å². The van der Waals surface area contributed by atoms with Crippen molar-refractivity contribution in [1.29, 1.82) is 0 Å². The van der Waals surface area contributed by atoms with E-state index in [9.17, 15) is 4.79 Å². The Balaban J connectivity index is 1.35. The molecule has 0 unspecified atom stereocenters. The first-order valence-corrected chi connectivity index (χ1v) is 8.41. The zero-order valence-corrected chi connectivity index (χ0v) is 13.7. The van der Waals surface area contributed by atoms with Crippen LogP contribution in [0.25, 0.3) is 0 Å². The highest BCUT2D eigenvalue weighted by Crippen LogP contribution is 2.21. The number of nitrogens with one attached hydrogen (secondary N) is 1. The number of carbonyl (C=O) groups excluding carboxylic acids is 1. The molecule has 1 fully saturated rings. The third kappa shape index (κ3) is 4.72. The van der Waals surface area contributed by atoms with Crippen LogP contribution in [0.2, 0.25) is 0 Å². The number of aromatic nitrogens is 1. The maximum Gasteiger partial charge on any atom is 0.257 e.